The van der Waals surface area contributed by atoms with Crippen LogP contribution in [0.5, 0.6) is 0 Å². The molecule has 1 fully saturated rings. The predicted octanol–water partition coefficient (Wildman–Crippen LogP) is 2.57. The number of hydrogen-bond acceptors (Lipinski definition) is 9. The number of cyclic esters (lactones) is 1. The van der Waals surface area contributed by atoms with Gasteiger partial charge in [0.2, 0.25) is 29.5 Å². The number of benzene rings is 1. The van der Waals surface area contributed by atoms with Gasteiger partial charge in [-0.05, 0) is 50.0 Å². The maximum Gasteiger partial charge on any atom is 0.328 e. The molecule has 1 aliphatic rings. The zero-order valence-corrected chi connectivity index (χ0v) is 33.0. The lowest BCUT2D eigenvalue weighted by Gasteiger charge is -2.28. The molecule has 14 nitrogen and oxygen atoms in total. The normalized spacial score (nSPS) is 24.6. The molecule has 0 radical (unpaired) electrons. The minimum absolute atomic E-state index is 0.00987. The Balaban J connectivity index is 2.55. The van der Waals surface area contributed by atoms with Crippen LogP contribution in [0.15, 0.2) is 30.3 Å². The van der Waals surface area contributed by atoms with Crippen molar-refractivity contribution in [1.29, 1.82) is 0 Å². The number of aliphatic hydroxyl groups excluding tert-OH is 2. The number of carbonyl (C=O) groups excluding carboxylic acids is 6. The standard InChI is InChI=1S/C40H65N5O9/c1-7-8-9-10-11-12-16-19-29-23-34(48)41-30(20-25(2)3)36(49)44-33(24-46)38(51)45-35(27(6)47)39(52)42-31(22-28-17-14-13-15-18-28)37(50)43-32(21-26(4)5)40(53)54-29/h13-15,17-18,25-27,29-33,35,46-47H,7-12,16,19-24H2,1-6H3,(H,41,48)(H,42,52)(H,43,50)(H,44,49)(H,45,51)/t27-,29?,30-,31+,32+,33+,35+/m1/s1. The van der Waals surface area contributed by atoms with Crippen molar-refractivity contribution in [3.63, 3.8) is 0 Å². The Kier molecular flexibility index (Phi) is 20.8. The summed E-state index contributed by atoms with van der Waals surface area (Å²) in [4.78, 5) is 81.9. The minimum atomic E-state index is -1.59. The Labute approximate surface area is 320 Å². The van der Waals surface area contributed by atoms with Crippen molar-refractivity contribution in [2.45, 2.75) is 161 Å². The molecule has 2 rings (SSSR count). The van der Waals surface area contributed by atoms with E-state index in [0.717, 1.165) is 38.5 Å². The second kappa shape index (κ2) is 24.4. The molecule has 1 aliphatic heterocycles. The first-order valence-electron chi connectivity index (χ1n) is 19.7. The first-order valence-corrected chi connectivity index (χ1v) is 19.7. The van der Waals surface area contributed by atoms with Crippen molar-refractivity contribution < 1.29 is 43.7 Å². The first-order chi connectivity index (χ1) is 25.6. The lowest BCUT2D eigenvalue weighted by Crippen LogP contribution is -2.62. The molecule has 0 aromatic heterocycles. The van der Waals surface area contributed by atoms with Crippen LogP contribution in [0.3, 0.4) is 0 Å². The SMILES string of the molecule is CCCCCCCCCC1CC(=O)N[C@H](CC(C)C)C(=O)N[C@@H](CO)C(=O)N[C@@H]([C@@H](C)O)C(=O)N[C@@H](Cc2ccccc2)C(=O)N[C@@H](CC(C)C)C(=O)O1. The molecule has 1 unspecified atom stereocenters. The third kappa shape index (κ3) is 17.0. The first kappa shape index (κ1) is 46.1. The van der Waals surface area contributed by atoms with Crippen molar-refractivity contribution >= 4 is 35.5 Å². The second-order valence-electron chi connectivity index (χ2n) is 15.3. The number of hydrogen-bond donors (Lipinski definition) is 7. The molecular weight excluding hydrogens is 694 g/mol. The highest BCUT2D eigenvalue weighted by Crippen LogP contribution is 2.17. The molecule has 1 aromatic carbocycles. The van der Waals surface area contributed by atoms with E-state index in [1.54, 1.807) is 30.3 Å². The molecule has 304 valence electrons. The highest BCUT2D eigenvalue weighted by Gasteiger charge is 2.36. The van der Waals surface area contributed by atoms with Crippen LogP contribution < -0.4 is 26.6 Å². The molecule has 0 spiro atoms. The lowest BCUT2D eigenvalue weighted by atomic mass is 10.0. The van der Waals surface area contributed by atoms with E-state index in [-0.39, 0.29) is 37.5 Å². The van der Waals surface area contributed by atoms with Gasteiger partial charge in [-0.25, -0.2) is 4.79 Å². The van der Waals surface area contributed by atoms with Crippen molar-refractivity contribution in [1.82, 2.24) is 26.6 Å². The molecule has 54 heavy (non-hydrogen) atoms. The van der Waals surface area contributed by atoms with Gasteiger partial charge in [0, 0.05) is 6.42 Å². The van der Waals surface area contributed by atoms with Crippen LogP contribution in [0.25, 0.3) is 0 Å². The Morgan fingerprint density at radius 2 is 1.20 bits per heavy atom. The topological polar surface area (TPSA) is 212 Å². The molecule has 1 heterocycles. The Hall–Kier alpha value is -4.04. The van der Waals surface area contributed by atoms with Gasteiger partial charge in [0.15, 0.2) is 0 Å². The van der Waals surface area contributed by atoms with Crippen LogP contribution in [-0.2, 0) is 39.9 Å². The molecule has 0 aliphatic carbocycles. The minimum Gasteiger partial charge on any atom is -0.460 e. The average Bonchev–Trinajstić information content (AvgIpc) is 3.10. The lowest BCUT2D eigenvalue weighted by molar-refractivity contribution is -0.155. The van der Waals surface area contributed by atoms with Gasteiger partial charge in [-0.15, -0.1) is 0 Å². The van der Waals surface area contributed by atoms with Crippen LogP contribution >= 0.6 is 0 Å². The van der Waals surface area contributed by atoms with Crippen molar-refractivity contribution in [2.24, 2.45) is 11.8 Å². The highest BCUT2D eigenvalue weighted by atomic mass is 16.5. The molecule has 5 amide bonds. The van der Waals surface area contributed by atoms with Crippen molar-refractivity contribution in [3.05, 3.63) is 35.9 Å². The van der Waals surface area contributed by atoms with Gasteiger partial charge in [0.05, 0.1) is 19.1 Å². The summed E-state index contributed by atoms with van der Waals surface area (Å²) in [5.41, 5.74) is 0.691. The van der Waals surface area contributed by atoms with E-state index < -0.39 is 84.5 Å². The zero-order valence-electron chi connectivity index (χ0n) is 33.0. The van der Waals surface area contributed by atoms with Gasteiger partial charge >= 0.3 is 5.97 Å². The van der Waals surface area contributed by atoms with Crippen molar-refractivity contribution in [2.75, 3.05) is 6.61 Å². The van der Waals surface area contributed by atoms with Crippen LogP contribution in [0.2, 0.25) is 0 Å². The van der Waals surface area contributed by atoms with E-state index in [1.165, 1.54) is 6.92 Å². The van der Waals surface area contributed by atoms with Crippen LogP contribution in [0, 0.1) is 11.8 Å². The Morgan fingerprint density at radius 3 is 1.80 bits per heavy atom. The van der Waals surface area contributed by atoms with Gasteiger partial charge < -0.3 is 41.5 Å². The molecule has 7 atom stereocenters. The number of rotatable bonds is 16. The fraction of sp³-hybridized carbons (Fsp3) is 0.700. The van der Waals surface area contributed by atoms with Gasteiger partial charge in [-0.1, -0.05) is 103 Å². The fourth-order valence-electron chi connectivity index (χ4n) is 6.34. The zero-order chi connectivity index (χ0) is 40.2. The number of aliphatic hydroxyl groups is 2. The molecule has 0 saturated carbocycles. The van der Waals surface area contributed by atoms with Gasteiger partial charge in [-0.2, -0.15) is 0 Å². The monoisotopic (exact) mass is 759 g/mol. The van der Waals surface area contributed by atoms with Crippen LogP contribution in [-0.4, -0.2) is 94.7 Å². The van der Waals surface area contributed by atoms with E-state index >= 15 is 0 Å². The molecule has 14 heteroatoms. The summed E-state index contributed by atoms with van der Waals surface area (Å²) in [6, 6.07) is 2.28. The molecule has 1 saturated heterocycles. The maximum absolute atomic E-state index is 14.0. The van der Waals surface area contributed by atoms with E-state index in [0.29, 0.717) is 18.4 Å². The maximum atomic E-state index is 14.0. The third-order valence-electron chi connectivity index (χ3n) is 9.29. The number of nitrogens with one attached hydrogen (secondary N) is 5. The second-order valence-corrected chi connectivity index (χ2v) is 15.3. The number of esters is 1. The van der Waals surface area contributed by atoms with Crippen molar-refractivity contribution in [3.8, 4) is 0 Å². The van der Waals surface area contributed by atoms with E-state index in [1.807, 2.05) is 27.7 Å². The quantitative estimate of drug-likeness (QED) is 0.0974. The summed E-state index contributed by atoms with van der Waals surface area (Å²) in [5.74, 6) is -4.68. The molecular formula is C40H65N5O9. The number of carbonyl (C=O) groups is 6. The van der Waals surface area contributed by atoms with E-state index in [9.17, 15) is 39.0 Å². The van der Waals surface area contributed by atoms with Gasteiger partial charge in [0.1, 0.15) is 36.3 Å². The third-order valence-corrected chi connectivity index (χ3v) is 9.29. The smallest absolute Gasteiger partial charge is 0.328 e. The van der Waals surface area contributed by atoms with E-state index in [2.05, 4.69) is 33.5 Å². The largest absolute Gasteiger partial charge is 0.460 e. The number of ether oxygens (including phenoxy) is 1. The average molecular weight is 760 g/mol. The summed E-state index contributed by atoms with van der Waals surface area (Å²) < 4.78 is 5.99. The summed E-state index contributed by atoms with van der Waals surface area (Å²) in [7, 11) is 0. The van der Waals surface area contributed by atoms with Crippen LogP contribution in [0.1, 0.15) is 118 Å². The molecule has 7 N–H and O–H groups in total. The summed E-state index contributed by atoms with van der Waals surface area (Å²) in [5, 5.41) is 33.6. The summed E-state index contributed by atoms with van der Waals surface area (Å²) >= 11 is 0. The fourth-order valence-corrected chi connectivity index (χ4v) is 6.34. The van der Waals surface area contributed by atoms with E-state index in [4.69, 9.17) is 4.74 Å². The Morgan fingerprint density at radius 1 is 0.667 bits per heavy atom. The summed E-state index contributed by atoms with van der Waals surface area (Å²) in [6.45, 7) is 10.1. The highest BCUT2D eigenvalue weighted by molar-refractivity contribution is 5.96. The Bertz CT molecular complexity index is 1340. The number of amides is 5. The van der Waals surface area contributed by atoms with Gasteiger partial charge in [0.25, 0.3) is 0 Å². The predicted molar refractivity (Wildman–Crippen MR) is 205 cm³/mol. The number of unbranched alkanes of at least 4 members (excludes halogenated alkanes) is 6. The molecule has 0 bridgehead atoms. The van der Waals surface area contributed by atoms with Crippen LogP contribution in [0.4, 0.5) is 0 Å². The summed E-state index contributed by atoms with van der Waals surface area (Å²) in [6.07, 6.45) is 5.33. The van der Waals surface area contributed by atoms with Gasteiger partial charge in [-0.3, -0.25) is 24.0 Å². The molecule has 1 aromatic rings.